The first-order valence-electron chi connectivity index (χ1n) is 7.57. The number of benzene rings is 1. The van der Waals surface area contributed by atoms with E-state index in [1.165, 1.54) is 18.6 Å². The lowest BCUT2D eigenvalue weighted by molar-refractivity contribution is -0.137. The summed E-state index contributed by atoms with van der Waals surface area (Å²) >= 11 is 0. The molecule has 2 N–H and O–H groups in total. The predicted octanol–water partition coefficient (Wildman–Crippen LogP) is 4.65. The molecule has 1 saturated carbocycles. The Morgan fingerprint density at radius 3 is 2.29 bits per heavy atom. The SMILES string of the molecule is CC1(C)CCC(CN)C(Cc2ccc(C(F)(F)F)cc2)C1. The van der Waals surface area contributed by atoms with Crippen LogP contribution in [0.2, 0.25) is 0 Å². The van der Waals surface area contributed by atoms with Gasteiger partial charge in [-0.3, -0.25) is 0 Å². The fraction of sp³-hybridized carbons (Fsp3) is 0.647. The van der Waals surface area contributed by atoms with Gasteiger partial charge in [-0.25, -0.2) is 0 Å². The molecule has 0 bridgehead atoms. The van der Waals surface area contributed by atoms with Gasteiger partial charge >= 0.3 is 6.18 Å². The van der Waals surface area contributed by atoms with E-state index in [0.717, 1.165) is 24.8 Å². The zero-order valence-corrected chi connectivity index (χ0v) is 12.7. The molecule has 1 aromatic carbocycles. The molecule has 0 heterocycles. The van der Waals surface area contributed by atoms with Gasteiger partial charge in [0.2, 0.25) is 0 Å². The maximum atomic E-state index is 12.6. The first-order valence-corrected chi connectivity index (χ1v) is 7.57. The van der Waals surface area contributed by atoms with Crippen LogP contribution in [0.25, 0.3) is 0 Å². The first kappa shape index (κ1) is 16.3. The minimum Gasteiger partial charge on any atom is -0.330 e. The molecule has 1 nitrogen and oxygen atoms in total. The molecule has 4 heteroatoms. The third kappa shape index (κ3) is 4.22. The molecule has 0 spiro atoms. The highest BCUT2D eigenvalue weighted by atomic mass is 19.4. The number of hydrogen-bond donors (Lipinski definition) is 1. The van der Waals surface area contributed by atoms with E-state index >= 15 is 0 Å². The van der Waals surface area contributed by atoms with Crippen molar-refractivity contribution in [2.45, 2.75) is 45.7 Å². The lowest BCUT2D eigenvalue weighted by atomic mass is 9.65. The maximum Gasteiger partial charge on any atom is 0.416 e. The number of nitrogens with two attached hydrogens (primary N) is 1. The molecule has 21 heavy (non-hydrogen) atoms. The normalized spacial score (nSPS) is 25.8. The third-order valence-corrected chi connectivity index (χ3v) is 4.76. The summed E-state index contributed by atoms with van der Waals surface area (Å²) in [6.45, 7) is 5.19. The molecule has 118 valence electrons. The molecule has 0 radical (unpaired) electrons. The predicted molar refractivity (Wildman–Crippen MR) is 78.8 cm³/mol. The van der Waals surface area contributed by atoms with Crippen molar-refractivity contribution in [1.82, 2.24) is 0 Å². The zero-order chi connectivity index (χ0) is 15.7. The summed E-state index contributed by atoms with van der Waals surface area (Å²) in [5.41, 5.74) is 6.57. The van der Waals surface area contributed by atoms with Gasteiger partial charge in [-0.05, 0) is 67.2 Å². The summed E-state index contributed by atoms with van der Waals surface area (Å²) in [6, 6.07) is 5.58. The van der Waals surface area contributed by atoms with Gasteiger partial charge < -0.3 is 5.73 Å². The number of hydrogen-bond acceptors (Lipinski definition) is 1. The van der Waals surface area contributed by atoms with Crippen molar-refractivity contribution in [3.8, 4) is 0 Å². The zero-order valence-electron chi connectivity index (χ0n) is 12.7. The molecule has 2 rings (SSSR count). The highest BCUT2D eigenvalue weighted by Crippen LogP contribution is 2.43. The van der Waals surface area contributed by atoms with Gasteiger partial charge in [-0.2, -0.15) is 13.2 Å². The van der Waals surface area contributed by atoms with E-state index in [1.807, 2.05) is 0 Å². The molecular weight excluding hydrogens is 275 g/mol. The Morgan fingerprint density at radius 1 is 1.14 bits per heavy atom. The van der Waals surface area contributed by atoms with Gasteiger partial charge in [-0.15, -0.1) is 0 Å². The summed E-state index contributed by atoms with van der Waals surface area (Å²) in [6.07, 6.45) is -0.0440. The van der Waals surface area contributed by atoms with E-state index in [0.29, 0.717) is 23.8 Å². The summed E-state index contributed by atoms with van der Waals surface area (Å²) in [5.74, 6) is 0.954. The summed E-state index contributed by atoms with van der Waals surface area (Å²) in [5, 5.41) is 0. The molecular formula is C17H24F3N. The molecule has 1 aliphatic rings. The van der Waals surface area contributed by atoms with Crippen LogP contribution in [0.15, 0.2) is 24.3 Å². The van der Waals surface area contributed by atoms with Gasteiger partial charge in [0, 0.05) is 0 Å². The van der Waals surface area contributed by atoms with Crippen LogP contribution in [-0.2, 0) is 12.6 Å². The molecule has 0 amide bonds. The minimum absolute atomic E-state index is 0.308. The van der Waals surface area contributed by atoms with Crippen molar-refractivity contribution in [3.63, 3.8) is 0 Å². The lowest BCUT2D eigenvalue weighted by Crippen LogP contribution is -2.35. The van der Waals surface area contributed by atoms with E-state index in [4.69, 9.17) is 5.73 Å². The lowest BCUT2D eigenvalue weighted by Gasteiger charge is -2.40. The van der Waals surface area contributed by atoms with Crippen LogP contribution >= 0.6 is 0 Å². The molecule has 0 saturated heterocycles. The van der Waals surface area contributed by atoms with Crippen molar-refractivity contribution < 1.29 is 13.2 Å². The van der Waals surface area contributed by atoms with Gasteiger partial charge in [0.25, 0.3) is 0 Å². The van der Waals surface area contributed by atoms with Crippen LogP contribution in [0, 0.1) is 17.3 Å². The highest BCUT2D eigenvalue weighted by molar-refractivity contribution is 5.25. The van der Waals surface area contributed by atoms with Crippen LogP contribution in [0.1, 0.15) is 44.2 Å². The van der Waals surface area contributed by atoms with Crippen LogP contribution in [-0.4, -0.2) is 6.54 Å². The molecule has 1 fully saturated rings. The Hall–Kier alpha value is -1.03. The first-order chi connectivity index (χ1) is 9.71. The fourth-order valence-corrected chi connectivity index (χ4v) is 3.47. The second kappa shape index (κ2) is 5.99. The van der Waals surface area contributed by atoms with E-state index in [9.17, 15) is 13.2 Å². The Labute approximate surface area is 124 Å². The van der Waals surface area contributed by atoms with Crippen LogP contribution in [0.3, 0.4) is 0 Å². The summed E-state index contributed by atoms with van der Waals surface area (Å²) < 4.78 is 37.7. The van der Waals surface area contributed by atoms with Crippen LogP contribution < -0.4 is 5.73 Å². The van der Waals surface area contributed by atoms with Crippen molar-refractivity contribution in [2.75, 3.05) is 6.54 Å². The van der Waals surface area contributed by atoms with Crippen molar-refractivity contribution in [2.24, 2.45) is 23.0 Å². The Bertz CT molecular complexity index is 462. The Morgan fingerprint density at radius 2 is 1.76 bits per heavy atom. The molecule has 2 atom stereocenters. The average Bonchev–Trinajstić information content (AvgIpc) is 2.37. The monoisotopic (exact) mass is 299 g/mol. The standard InChI is InChI=1S/C17H24F3N/c1-16(2)8-7-13(11-21)14(10-16)9-12-3-5-15(6-4-12)17(18,19)20/h3-6,13-14H,7-11,21H2,1-2H3. The Balaban J connectivity index is 2.08. The molecule has 2 unspecified atom stereocenters. The van der Waals surface area contributed by atoms with Gasteiger partial charge in [0.15, 0.2) is 0 Å². The third-order valence-electron chi connectivity index (χ3n) is 4.76. The number of alkyl halides is 3. The summed E-state index contributed by atoms with van der Waals surface area (Å²) in [4.78, 5) is 0. The van der Waals surface area contributed by atoms with Crippen molar-refractivity contribution in [3.05, 3.63) is 35.4 Å². The van der Waals surface area contributed by atoms with Gasteiger partial charge in [-0.1, -0.05) is 26.0 Å². The fourth-order valence-electron chi connectivity index (χ4n) is 3.47. The number of rotatable bonds is 3. The van der Waals surface area contributed by atoms with E-state index in [1.54, 1.807) is 12.1 Å². The van der Waals surface area contributed by atoms with Gasteiger partial charge in [0.05, 0.1) is 5.56 Å². The Kier molecular flexibility index (Phi) is 4.66. The molecule has 1 aliphatic carbocycles. The van der Waals surface area contributed by atoms with E-state index < -0.39 is 11.7 Å². The van der Waals surface area contributed by atoms with E-state index in [-0.39, 0.29) is 0 Å². The van der Waals surface area contributed by atoms with Gasteiger partial charge in [0.1, 0.15) is 0 Å². The molecule has 1 aromatic rings. The topological polar surface area (TPSA) is 26.0 Å². The molecule has 0 aliphatic heterocycles. The average molecular weight is 299 g/mol. The maximum absolute atomic E-state index is 12.6. The smallest absolute Gasteiger partial charge is 0.330 e. The minimum atomic E-state index is -4.26. The second-order valence-corrected chi connectivity index (χ2v) is 7.06. The van der Waals surface area contributed by atoms with Crippen molar-refractivity contribution >= 4 is 0 Å². The highest BCUT2D eigenvalue weighted by Gasteiger charge is 2.34. The number of halogens is 3. The largest absolute Gasteiger partial charge is 0.416 e. The van der Waals surface area contributed by atoms with Crippen molar-refractivity contribution in [1.29, 1.82) is 0 Å². The quantitative estimate of drug-likeness (QED) is 0.864. The van der Waals surface area contributed by atoms with Crippen LogP contribution in [0.4, 0.5) is 13.2 Å². The summed E-state index contributed by atoms with van der Waals surface area (Å²) in [7, 11) is 0. The molecule has 0 aromatic heterocycles. The second-order valence-electron chi connectivity index (χ2n) is 7.06. The van der Waals surface area contributed by atoms with E-state index in [2.05, 4.69) is 13.8 Å². The van der Waals surface area contributed by atoms with Crippen LogP contribution in [0.5, 0.6) is 0 Å².